The maximum atomic E-state index is 5.22. The fourth-order valence-electron chi connectivity index (χ4n) is 1.32. The molecule has 0 aromatic carbocycles. The van der Waals surface area contributed by atoms with Crippen molar-refractivity contribution in [3.8, 4) is 0 Å². The monoisotopic (exact) mass is 230 g/mol. The van der Waals surface area contributed by atoms with E-state index in [0.717, 1.165) is 17.4 Å². The summed E-state index contributed by atoms with van der Waals surface area (Å²) in [7, 11) is 0. The first-order valence-electron chi connectivity index (χ1n) is 5.31. The average molecular weight is 230 g/mol. The number of furan rings is 1. The molecule has 0 fully saturated rings. The maximum absolute atomic E-state index is 5.22. The number of nitrogens with zero attached hydrogens (tertiary/aromatic N) is 2. The van der Waals surface area contributed by atoms with Gasteiger partial charge < -0.3 is 15.1 Å². The summed E-state index contributed by atoms with van der Waals surface area (Å²) in [6.07, 6.45) is 4.93. The van der Waals surface area contributed by atoms with E-state index in [9.17, 15) is 0 Å². The van der Waals surface area contributed by atoms with Gasteiger partial charge in [0.25, 0.3) is 0 Å². The van der Waals surface area contributed by atoms with Crippen LogP contribution in [0.15, 0.2) is 47.9 Å². The first-order valence-corrected chi connectivity index (χ1v) is 5.31. The fraction of sp³-hybridized carbons (Fsp3) is 0.167. The second-order valence-electron chi connectivity index (χ2n) is 3.39. The lowest BCUT2D eigenvalue weighted by Gasteiger charge is -2.06. The summed E-state index contributed by atoms with van der Waals surface area (Å²) >= 11 is 0. The standard InChI is InChI=1S/C12H14N4O/c1-2-5-13-11-7-12(16-9-15-11)14-8-10-4-3-6-17-10/h2-4,6-7,9H,1,5,8H2,(H2,13,14,15,16). The zero-order valence-corrected chi connectivity index (χ0v) is 9.39. The predicted octanol–water partition coefficient (Wildman–Crippen LogP) is 2.28. The van der Waals surface area contributed by atoms with E-state index in [1.165, 1.54) is 6.33 Å². The van der Waals surface area contributed by atoms with Gasteiger partial charge in [-0.05, 0) is 12.1 Å². The Bertz CT molecular complexity index is 467. The Labute approximate surface area is 99.6 Å². The SMILES string of the molecule is C=CCNc1cc(NCc2ccco2)ncn1. The molecule has 2 aromatic rings. The second-order valence-corrected chi connectivity index (χ2v) is 3.39. The van der Waals surface area contributed by atoms with E-state index in [0.29, 0.717) is 13.1 Å². The molecule has 2 N–H and O–H groups in total. The van der Waals surface area contributed by atoms with Crippen LogP contribution in [0.1, 0.15) is 5.76 Å². The Kier molecular flexibility index (Phi) is 3.75. The van der Waals surface area contributed by atoms with Crippen molar-refractivity contribution in [1.82, 2.24) is 9.97 Å². The van der Waals surface area contributed by atoms with E-state index in [1.54, 1.807) is 12.3 Å². The third-order valence-corrected chi connectivity index (χ3v) is 2.12. The van der Waals surface area contributed by atoms with Crippen molar-refractivity contribution in [2.75, 3.05) is 17.2 Å². The van der Waals surface area contributed by atoms with Crippen LogP contribution in [0.25, 0.3) is 0 Å². The van der Waals surface area contributed by atoms with Crippen LogP contribution in [0.4, 0.5) is 11.6 Å². The summed E-state index contributed by atoms with van der Waals surface area (Å²) in [6.45, 7) is 4.91. The Hall–Kier alpha value is -2.30. The van der Waals surface area contributed by atoms with Gasteiger partial charge in [0.15, 0.2) is 0 Å². The molecule has 5 heteroatoms. The number of nitrogens with one attached hydrogen (secondary N) is 2. The van der Waals surface area contributed by atoms with E-state index >= 15 is 0 Å². The molecule has 0 aliphatic heterocycles. The summed E-state index contributed by atoms with van der Waals surface area (Å²) in [6, 6.07) is 5.60. The molecular weight excluding hydrogens is 216 g/mol. The van der Waals surface area contributed by atoms with Gasteiger partial charge in [-0.1, -0.05) is 6.08 Å². The summed E-state index contributed by atoms with van der Waals surface area (Å²) in [5, 5.41) is 6.25. The van der Waals surface area contributed by atoms with Gasteiger partial charge in [0.05, 0.1) is 12.8 Å². The smallest absolute Gasteiger partial charge is 0.131 e. The highest BCUT2D eigenvalue weighted by Gasteiger charge is 1.99. The lowest BCUT2D eigenvalue weighted by Crippen LogP contribution is -2.04. The maximum Gasteiger partial charge on any atom is 0.131 e. The molecule has 2 rings (SSSR count). The van der Waals surface area contributed by atoms with Crippen LogP contribution in [0, 0.1) is 0 Å². The van der Waals surface area contributed by atoms with Crippen molar-refractivity contribution in [3.63, 3.8) is 0 Å². The number of rotatable bonds is 6. The summed E-state index contributed by atoms with van der Waals surface area (Å²) in [4.78, 5) is 8.21. The molecule has 0 radical (unpaired) electrons. The molecule has 0 spiro atoms. The summed E-state index contributed by atoms with van der Waals surface area (Å²) < 4.78 is 5.22. The van der Waals surface area contributed by atoms with Crippen molar-refractivity contribution in [1.29, 1.82) is 0 Å². The zero-order chi connectivity index (χ0) is 11.9. The lowest BCUT2D eigenvalue weighted by atomic mass is 10.4. The summed E-state index contributed by atoms with van der Waals surface area (Å²) in [5.74, 6) is 2.38. The minimum absolute atomic E-state index is 0.602. The quantitative estimate of drug-likeness (QED) is 0.745. The Balaban J connectivity index is 1.93. The molecule has 0 atom stereocenters. The van der Waals surface area contributed by atoms with Crippen molar-refractivity contribution in [3.05, 3.63) is 49.2 Å². The van der Waals surface area contributed by atoms with Gasteiger partial charge in [-0.25, -0.2) is 9.97 Å². The van der Waals surface area contributed by atoms with E-state index < -0.39 is 0 Å². The molecule has 0 aliphatic carbocycles. The minimum Gasteiger partial charge on any atom is -0.467 e. The molecule has 0 bridgehead atoms. The molecule has 0 saturated carbocycles. The minimum atomic E-state index is 0.602. The second kappa shape index (κ2) is 5.69. The van der Waals surface area contributed by atoms with Crippen LogP contribution in [-0.4, -0.2) is 16.5 Å². The predicted molar refractivity (Wildman–Crippen MR) is 66.8 cm³/mol. The number of anilines is 2. The van der Waals surface area contributed by atoms with E-state index in [-0.39, 0.29) is 0 Å². The third-order valence-electron chi connectivity index (χ3n) is 2.12. The highest BCUT2D eigenvalue weighted by molar-refractivity contribution is 5.46. The molecule has 2 aromatic heterocycles. The Morgan fingerprint density at radius 3 is 2.82 bits per heavy atom. The zero-order valence-electron chi connectivity index (χ0n) is 9.39. The molecule has 0 aliphatic rings. The highest BCUT2D eigenvalue weighted by atomic mass is 16.3. The summed E-state index contributed by atoms with van der Waals surface area (Å²) in [5.41, 5.74) is 0. The Morgan fingerprint density at radius 2 is 2.12 bits per heavy atom. The number of aromatic nitrogens is 2. The van der Waals surface area contributed by atoms with Crippen molar-refractivity contribution < 1.29 is 4.42 Å². The van der Waals surface area contributed by atoms with Crippen LogP contribution >= 0.6 is 0 Å². The molecule has 5 nitrogen and oxygen atoms in total. The van der Waals surface area contributed by atoms with Gasteiger partial charge in [0, 0.05) is 12.6 Å². The van der Waals surface area contributed by atoms with Gasteiger partial charge in [-0.15, -0.1) is 6.58 Å². The van der Waals surface area contributed by atoms with Gasteiger partial charge in [0.2, 0.25) is 0 Å². The van der Waals surface area contributed by atoms with Crippen molar-refractivity contribution in [2.24, 2.45) is 0 Å². The number of hydrogen-bond acceptors (Lipinski definition) is 5. The van der Waals surface area contributed by atoms with Crippen LogP contribution < -0.4 is 10.6 Å². The van der Waals surface area contributed by atoms with Crippen LogP contribution in [0.2, 0.25) is 0 Å². The third kappa shape index (κ3) is 3.34. The van der Waals surface area contributed by atoms with Gasteiger partial charge >= 0.3 is 0 Å². The van der Waals surface area contributed by atoms with E-state index in [2.05, 4.69) is 27.2 Å². The van der Waals surface area contributed by atoms with Crippen LogP contribution in [-0.2, 0) is 6.54 Å². The molecule has 88 valence electrons. The normalized spacial score (nSPS) is 9.88. The van der Waals surface area contributed by atoms with Gasteiger partial charge in [-0.3, -0.25) is 0 Å². The topological polar surface area (TPSA) is 63.0 Å². The van der Waals surface area contributed by atoms with Crippen molar-refractivity contribution >= 4 is 11.6 Å². The number of hydrogen-bond donors (Lipinski definition) is 2. The molecule has 0 amide bonds. The molecule has 0 saturated heterocycles. The first-order chi connectivity index (χ1) is 8.38. The van der Waals surface area contributed by atoms with Crippen molar-refractivity contribution in [2.45, 2.75) is 6.54 Å². The molecule has 2 heterocycles. The average Bonchev–Trinajstić information content (AvgIpc) is 2.87. The Morgan fingerprint density at radius 1 is 1.29 bits per heavy atom. The van der Waals surface area contributed by atoms with E-state index in [1.807, 2.05) is 18.2 Å². The van der Waals surface area contributed by atoms with Crippen LogP contribution in [0.5, 0.6) is 0 Å². The van der Waals surface area contributed by atoms with Crippen LogP contribution in [0.3, 0.4) is 0 Å². The first kappa shape index (κ1) is 11.2. The molecule has 0 unspecified atom stereocenters. The highest BCUT2D eigenvalue weighted by Crippen LogP contribution is 2.10. The largest absolute Gasteiger partial charge is 0.467 e. The molecular formula is C12H14N4O. The van der Waals surface area contributed by atoms with Gasteiger partial charge in [-0.2, -0.15) is 0 Å². The lowest BCUT2D eigenvalue weighted by molar-refractivity contribution is 0.518. The van der Waals surface area contributed by atoms with E-state index in [4.69, 9.17) is 4.42 Å². The molecule has 17 heavy (non-hydrogen) atoms. The fourth-order valence-corrected chi connectivity index (χ4v) is 1.32. The van der Waals surface area contributed by atoms with Gasteiger partial charge in [0.1, 0.15) is 23.7 Å².